The van der Waals surface area contributed by atoms with Gasteiger partial charge in [0.05, 0.1) is 5.52 Å². The summed E-state index contributed by atoms with van der Waals surface area (Å²) in [6.45, 7) is 0.494. The van der Waals surface area contributed by atoms with Crippen molar-refractivity contribution in [1.82, 2.24) is 15.3 Å². The normalized spacial score (nSPS) is 18.2. The Hall–Kier alpha value is -2.81. The van der Waals surface area contributed by atoms with Crippen LogP contribution in [0.1, 0.15) is 31.2 Å². The highest BCUT2D eigenvalue weighted by molar-refractivity contribution is 9.10. The number of carbonyl (C=O) groups is 1. The summed E-state index contributed by atoms with van der Waals surface area (Å²) < 4.78 is 28.5. The number of fused-ring (bicyclic) bond motifs is 1. The second kappa shape index (κ2) is 9.99. The standard InChI is InChI=1S/C24H26BrF2N5O/c1-32(2)22-17-11-19(26)20(27)12-21(17)30-24(31-22)29-16-9-7-14(8-10-16)23(33)28-13-15-5-3-4-6-18(15)25/h3-6,11-12,14,16H,7-10,13H2,1-2H3,(H,28,33)(H,29,30,31)/t14-,16+. The largest absolute Gasteiger partial charge is 0.362 e. The zero-order chi connectivity index (χ0) is 23.5. The van der Waals surface area contributed by atoms with E-state index in [-0.39, 0.29) is 17.9 Å². The van der Waals surface area contributed by atoms with Crippen molar-refractivity contribution in [3.8, 4) is 0 Å². The van der Waals surface area contributed by atoms with Crippen LogP contribution in [0.4, 0.5) is 20.5 Å². The van der Waals surface area contributed by atoms with Crippen LogP contribution in [0, 0.1) is 17.6 Å². The molecule has 1 saturated carbocycles. The first-order valence-electron chi connectivity index (χ1n) is 10.9. The van der Waals surface area contributed by atoms with Crippen molar-refractivity contribution >= 4 is 44.5 Å². The Morgan fingerprint density at radius 3 is 2.48 bits per heavy atom. The highest BCUT2D eigenvalue weighted by Gasteiger charge is 2.27. The molecule has 1 amide bonds. The molecule has 1 aliphatic carbocycles. The molecule has 0 saturated heterocycles. The number of aromatic nitrogens is 2. The second-order valence-electron chi connectivity index (χ2n) is 8.55. The molecule has 1 aliphatic rings. The number of carbonyl (C=O) groups excluding carboxylic acids is 1. The average molecular weight is 518 g/mol. The lowest BCUT2D eigenvalue weighted by atomic mass is 9.85. The third-order valence-corrected chi connectivity index (χ3v) is 6.76. The monoisotopic (exact) mass is 517 g/mol. The van der Waals surface area contributed by atoms with Gasteiger partial charge in [-0.2, -0.15) is 4.98 Å². The molecule has 0 unspecified atom stereocenters. The van der Waals surface area contributed by atoms with E-state index in [0.717, 1.165) is 47.9 Å². The Kier molecular flexibility index (Phi) is 7.07. The van der Waals surface area contributed by atoms with E-state index in [1.807, 2.05) is 24.3 Å². The number of hydrogen-bond donors (Lipinski definition) is 2. The van der Waals surface area contributed by atoms with Gasteiger partial charge in [-0.05, 0) is 43.4 Å². The van der Waals surface area contributed by atoms with E-state index in [1.165, 1.54) is 0 Å². The molecule has 0 spiro atoms. The predicted octanol–water partition coefficient (Wildman–Crippen LogP) is 5.02. The van der Waals surface area contributed by atoms with Gasteiger partial charge in [0.15, 0.2) is 11.6 Å². The summed E-state index contributed by atoms with van der Waals surface area (Å²) in [7, 11) is 3.59. The molecule has 0 aliphatic heterocycles. The van der Waals surface area contributed by atoms with Crippen molar-refractivity contribution in [3.63, 3.8) is 0 Å². The molecule has 2 N–H and O–H groups in total. The molecule has 2 aromatic carbocycles. The van der Waals surface area contributed by atoms with Crippen LogP contribution in [0.5, 0.6) is 0 Å². The zero-order valence-corrected chi connectivity index (χ0v) is 20.1. The van der Waals surface area contributed by atoms with Gasteiger partial charge in [0, 0.05) is 48.5 Å². The molecule has 6 nitrogen and oxygen atoms in total. The number of benzene rings is 2. The van der Waals surface area contributed by atoms with Crippen molar-refractivity contribution < 1.29 is 13.6 Å². The fourth-order valence-electron chi connectivity index (χ4n) is 4.16. The number of halogens is 3. The smallest absolute Gasteiger partial charge is 0.225 e. The SMILES string of the molecule is CN(C)c1nc(N[C@H]2CC[C@@H](C(=O)NCc3ccccc3Br)CC2)nc2cc(F)c(F)cc12. The number of anilines is 2. The molecule has 33 heavy (non-hydrogen) atoms. The van der Waals surface area contributed by atoms with E-state index in [1.54, 1.807) is 19.0 Å². The highest BCUT2D eigenvalue weighted by Crippen LogP contribution is 2.29. The van der Waals surface area contributed by atoms with Crippen LogP contribution in [0.15, 0.2) is 40.9 Å². The van der Waals surface area contributed by atoms with E-state index in [2.05, 4.69) is 36.5 Å². The molecule has 0 radical (unpaired) electrons. The first-order valence-corrected chi connectivity index (χ1v) is 11.7. The Morgan fingerprint density at radius 2 is 1.79 bits per heavy atom. The van der Waals surface area contributed by atoms with Gasteiger partial charge in [0.25, 0.3) is 0 Å². The Labute approximate surface area is 199 Å². The van der Waals surface area contributed by atoms with Crippen LogP contribution in [0.3, 0.4) is 0 Å². The summed E-state index contributed by atoms with van der Waals surface area (Å²) in [5.41, 5.74) is 1.39. The first kappa shape index (κ1) is 23.4. The summed E-state index contributed by atoms with van der Waals surface area (Å²) in [6, 6.07) is 10.2. The molecule has 4 rings (SSSR count). The Balaban J connectivity index is 1.38. The van der Waals surface area contributed by atoms with Crippen LogP contribution in [-0.2, 0) is 11.3 Å². The third-order valence-electron chi connectivity index (χ3n) is 5.98. The van der Waals surface area contributed by atoms with E-state index < -0.39 is 11.6 Å². The minimum absolute atomic E-state index is 0.0301. The minimum Gasteiger partial charge on any atom is -0.362 e. The summed E-state index contributed by atoms with van der Waals surface area (Å²) in [5, 5.41) is 6.82. The topological polar surface area (TPSA) is 70.2 Å². The van der Waals surface area contributed by atoms with Gasteiger partial charge < -0.3 is 15.5 Å². The second-order valence-corrected chi connectivity index (χ2v) is 9.41. The lowest BCUT2D eigenvalue weighted by Crippen LogP contribution is -2.36. The lowest BCUT2D eigenvalue weighted by Gasteiger charge is -2.29. The highest BCUT2D eigenvalue weighted by atomic mass is 79.9. The van der Waals surface area contributed by atoms with Crippen LogP contribution >= 0.6 is 15.9 Å². The first-order chi connectivity index (χ1) is 15.8. The zero-order valence-electron chi connectivity index (χ0n) is 18.5. The Bertz CT molecular complexity index is 1170. The molecular weight excluding hydrogens is 492 g/mol. The number of amides is 1. The maximum atomic E-state index is 13.8. The minimum atomic E-state index is -0.939. The van der Waals surface area contributed by atoms with Gasteiger partial charge in [-0.25, -0.2) is 13.8 Å². The van der Waals surface area contributed by atoms with E-state index in [0.29, 0.717) is 29.2 Å². The van der Waals surface area contributed by atoms with Crippen LogP contribution < -0.4 is 15.5 Å². The van der Waals surface area contributed by atoms with Crippen molar-refractivity contribution in [2.45, 2.75) is 38.3 Å². The summed E-state index contributed by atoms with van der Waals surface area (Å²) in [4.78, 5) is 23.3. The van der Waals surface area contributed by atoms with Gasteiger partial charge in [-0.1, -0.05) is 34.1 Å². The summed E-state index contributed by atoms with van der Waals surface area (Å²) >= 11 is 3.50. The molecule has 0 atom stereocenters. The van der Waals surface area contributed by atoms with E-state index in [9.17, 15) is 13.6 Å². The Morgan fingerprint density at radius 1 is 1.09 bits per heavy atom. The molecule has 1 aromatic heterocycles. The third kappa shape index (κ3) is 5.40. The maximum Gasteiger partial charge on any atom is 0.225 e. The van der Waals surface area contributed by atoms with E-state index in [4.69, 9.17) is 0 Å². The van der Waals surface area contributed by atoms with Gasteiger partial charge in [0.2, 0.25) is 11.9 Å². The van der Waals surface area contributed by atoms with Crippen molar-refractivity contribution in [2.75, 3.05) is 24.3 Å². The van der Waals surface area contributed by atoms with E-state index >= 15 is 0 Å². The molecular formula is C24H26BrF2N5O. The predicted molar refractivity (Wildman–Crippen MR) is 129 cm³/mol. The average Bonchev–Trinajstić information content (AvgIpc) is 2.79. The number of nitrogens with one attached hydrogen (secondary N) is 2. The maximum absolute atomic E-state index is 13.8. The fourth-order valence-corrected chi connectivity index (χ4v) is 4.59. The van der Waals surface area contributed by atoms with Crippen molar-refractivity contribution in [1.29, 1.82) is 0 Å². The van der Waals surface area contributed by atoms with Crippen LogP contribution in [-0.4, -0.2) is 36.0 Å². The summed E-state index contributed by atoms with van der Waals surface area (Å²) in [6.07, 6.45) is 3.11. The van der Waals surface area contributed by atoms with Gasteiger partial charge in [-0.3, -0.25) is 4.79 Å². The molecule has 1 fully saturated rings. The van der Waals surface area contributed by atoms with Crippen molar-refractivity contribution in [2.24, 2.45) is 5.92 Å². The lowest BCUT2D eigenvalue weighted by molar-refractivity contribution is -0.126. The number of nitrogens with zero attached hydrogens (tertiary/aromatic N) is 3. The van der Waals surface area contributed by atoms with Crippen molar-refractivity contribution in [3.05, 3.63) is 58.1 Å². The van der Waals surface area contributed by atoms with Gasteiger partial charge >= 0.3 is 0 Å². The van der Waals surface area contributed by atoms with Gasteiger partial charge in [0.1, 0.15) is 5.82 Å². The van der Waals surface area contributed by atoms with Gasteiger partial charge in [-0.15, -0.1) is 0 Å². The number of hydrogen-bond acceptors (Lipinski definition) is 5. The van der Waals surface area contributed by atoms with Crippen LogP contribution in [0.25, 0.3) is 10.9 Å². The molecule has 0 bridgehead atoms. The molecule has 3 aromatic rings. The van der Waals surface area contributed by atoms with Crippen LogP contribution in [0.2, 0.25) is 0 Å². The summed E-state index contributed by atoms with van der Waals surface area (Å²) in [5.74, 6) is -0.936. The number of rotatable bonds is 6. The fraction of sp³-hybridized carbons (Fsp3) is 0.375. The molecule has 9 heteroatoms. The molecule has 174 valence electrons. The molecule has 1 heterocycles. The quantitative estimate of drug-likeness (QED) is 0.480.